The predicted octanol–water partition coefficient (Wildman–Crippen LogP) is 3.31. The van der Waals surface area contributed by atoms with Crippen LogP contribution in [0.5, 0.6) is 5.75 Å². The van der Waals surface area contributed by atoms with Crippen LogP contribution < -0.4 is 15.2 Å². The number of aromatic nitrogens is 1. The molecule has 0 bridgehead atoms. The molecule has 31 heavy (non-hydrogen) atoms. The molecule has 5 rings (SSSR count). The van der Waals surface area contributed by atoms with Gasteiger partial charge in [-0.1, -0.05) is 24.3 Å². The third kappa shape index (κ3) is 3.96. The minimum Gasteiger partial charge on any atom is -0.491 e. The third-order valence-corrected chi connectivity index (χ3v) is 6.71. The molecule has 0 aliphatic carbocycles. The molecule has 1 aromatic carbocycles. The summed E-state index contributed by atoms with van der Waals surface area (Å²) in [5.41, 5.74) is 3.48. The number of benzene rings is 1. The Balaban J connectivity index is 1.23. The van der Waals surface area contributed by atoms with Gasteiger partial charge < -0.3 is 14.0 Å². The Bertz CT molecular complexity index is 1150. The number of thiophene rings is 1. The van der Waals surface area contributed by atoms with E-state index in [9.17, 15) is 9.59 Å². The molecule has 1 fully saturated rings. The second-order valence-corrected chi connectivity index (χ2v) is 8.75. The number of nitrogens with zero attached hydrogens (tertiary/aromatic N) is 3. The lowest BCUT2D eigenvalue weighted by molar-refractivity contribution is 0.108. The summed E-state index contributed by atoms with van der Waals surface area (Å²) in [6, 6.07) is 13.8. The van der Waals surface area contributed by atoms with E-state index in [1.54, 1.807) is 27.8 Å². The van der Waals surface area contributed by atoms with Gasteiger partial charge in [0.25, 0.3) is 5.56 Å². The third-order valence-electron chi connectivity index (χ3n) is 5.71. The summed E-state index contributed by atoms with van der Waals surface area (Å²) in [6.07, 6.45) is 1.26. The molecule has 0 unspecified atom stereocenters. The lowest BCUT2D eigenvalue weighted by atomic mass is 10.1. The van der Waals surface area contributed by atoms with Gasteiger partial charge in [-0.3, -0.25) is 14.6 Å². The maximum Gasteiger partial charge on any atom is 0.415 e. The number of hydrogen-bond donors (Lipinski definition) is 0. The van der Waals surface area contributed by atoms with E-state index < -0.39 is 0 Å². The number of amides is 1. The summed E-state index contributed by atoms with van der Waals surface area (Å²) in [7, 11) is 1.49. The lowest BCUT2D eigenvalue weighted by Gasteiger charge is -2.18. The summed E-state index contributed by atoms with van der Waals surface area (Å²) >= 11 is 1.49. The first kappa shape index (κ1) is 19.8. The average Bonchev–Trinajstić information content (AvgIpc) is 3.47. The summed E-state index contributed by atoms with van der Waals surface area (Å²) in [5.74, 6) is 0.313. The highest BCUT2D eigenvalue weighted by atomic mass is 32.1. The number of pyridine rings is 1. The van der Waals surface area contributed by atoms with Crippen LogP contribution in [0.25, 0.3) is 0 Å². The van der Waals surface area contributed by atoms with Crippen molar-refractivity contribution in [2.75, 3.05) is 25.1 Å². The number of ether oxygens (including phenoxy) is 2. The molecule has 1 amide bonds. The van der Waals surface area contributed by atoms with E-state index in [2.05, 4.69) is 29.2 Å². The van der Waals surface area contributed by atoms with Gasteiger partial charge in [-0.2, -0.15) is 0 Å². The molecule has 160 valence electrons. The number of anilines is 1. The first-order valence-corrected chi connectivity index (χ1v) is 11.1. The molecule has 8 heteroatoms. The molecular formula is C23H23N3O4S. The maximum atomic E-state index is 12.5. The van der Waals surface area contributed by atoms with Crippen LogP contribution in [0.3, 0.4) is 0 Å². The van der Waals surface area contributed by atoms with E-state index in [-0.39, 0.29) is 17.8 Å². The summed E-state index contributed by atoms with van der Waals surface area (Å²) in [5, 5.41) is 2.81. The predicted molar refractivity (Wildman–Crippen MR) is 119 cm³/mol. The fraction of sp³-hybridized carbons (Fsp3) is 0.304. The van der Waals surface area contributed by atoms with E-state index in [0.717, 1.165) is 23.7 Å². The van der Waals surface area contributed by atoms with Gasteiger partial charge in [-0.05, 0) is 40.3 Å². The Hall–Kier alpha value is -3.10. The lowest BCUT2D eigenvalue weighted by Crippen LogP contribution is -2.31. The van der Waals surface area contributed by atoms with Crippen molar-refractivity contribution in [1.82, 2.24) is 9.47 Å². The largest absolute Gasteiger partial charge is 0.491 e. The van der Waals surface area contributed by atoms with Gasteiger partial charge in [0.15, 0.2) is 5.75 Å². The average molecular weight is 438 g/mol. The number of carbonyl (C=O) groups is 1. The van der Waals surface area contributed by atoms with Gasteiger partial charge in [0.05, 0.1) is 20.2 Å². The zero-order valence-electron chi connectivity index (χ0n) is 17.2. The molecular weight excluding hydrogens is 414 g/mol. The van der Waals surface area contributed by atoms with Gasteiger partial charge in [0.1, 0.15) is 11.1 Å². The first-order valence-electron chi connectivity index (χ1n) is 10.2. The molecule has 0 saturated carbocycles. The van der Waals surface area contributed by atoms with Crippen molar-refractivity contribution in [3.8, 4) is 5.75 Å². The Labute approximate surface area is 184 Å². The van der Waals surface area contributed by atoms with Crippen LogP contribution in [0.15, 0.2) is 58.8 Å². The van der Waals surface area contributed by atoms with Gasteiger partial charge in [-0.25, -0.2) is 4.79 Å². The van der Waals surface area contributed by atoms with Crippen LogP contribution in [-0.2, 0) is 24.4 Å². The quantitative estimate of drug-likeness (QED) is 0.592. The fourth-order valence-electron chi connectivity index (χ4n) is 4.20. The summed E-state index contributed by atoms with van der Waals surface area (Å²) in [4.78, 5) is 28.9. The molecule has 7 nitrogen and oxygen atoms in total. The summed E-state index contributed by atoms with van der Waals surface area (Å²) in [6.45, 7) is 3.45. The number of rotatable bonds is 6. The molecule has 0 N–H and O–H groups in total. The minimum absolute atomic E-state index is 0.159. The van der Waals surface area contributed by atoms with Crippen molar-refractivity contribution in [2.45, 2.75) is 25.7 Å². The highest BCUT2D eigenvalue weighted by Gasteiger charge is 2.35. The van der Waals surface area contributed by atoms with Crippen molar-refractivity contribution < 1.29 is 14.3 Å². The van der Waals surface area contributed by atoms with Crippen LogP contribution in [0.1, 0.15) is 16.7 Å². The monoisotopic (exact) mass is 437 g/mol. The Morgan fingerprint density at radius 3 is 2.65 bits per heavy atom. The van der Waals surface area contributed by atoms with Gasteiger partial charge in [0.2, 0.25) is 0 Å². The molecule has 3 aromatic rings. The molecule has 2 aromatic heterocycles. The van der Waals surface area contributed by atoms with E-state index >= 15 is 0 Å². The highest BCUT2D eigenvalue weighted by molar-refractivity contribution is 7.14. The second kappa shape index (κ2) is 8.20. The van der Waals surface area contributed by atoms with Crippen LogP contribution in [0.2, 0.25) is 0 Å². The topological polar surface area (TPSA) is 64.0 Å². The smallest absolute Gasteiger partial charge is 0.415 e. The van der Waals surface area contributed by atoms with Crippen molar-refractivity contribution in [2.24, 2.45) is 0 Å². The number of carbonyl (C=O) groups excluding carboxylic acids is 1. The molecule has 4 heterocycles. The second-order valence-electron chi connectivity index (χ2n) is 7.86. The number of hydrogen-bond acceptors (Lipinski definition) is 6. The Morgan fingerprint density at radius 2 is 1.90 bits per heavy atom. The van der Waals surface area contributed by atoms with Crippen molar-refractivity contribution in [3.05, 3.63) is 81.1 Å². The van der Waals surface area contributed by atoms with Gasteiger partial charge in [0, 0.05) is 25.8 Å². The molecule has 0 radical (unpaired) electrons. The van der Waals surface area contributed by atoms with E-state index in [4.69, 9.17) is 9.47 Å². The number of cyclic esters (lactones) is 1. The minimum atomic E-state index is -0.311. The normalized spacial score (nSPS) is 18.3. The van der Waals surface area contributed by atoms with E-state index in [1.165, 1.54) is 29.6 Å². The Morgan fingerprint density at radius 1 is 1.13 bits per heavy atom. The van der Waals surface area contributed by atoms with E-state index in [0.29, 0.717) is 25.4 Å². The molecule has 2 aliphatic rings. The molecule has 2 aliphatic heterocycles. The molecule has 1 saturated heterocycles. The standard InChI is InChI=1S/C23H23N3O4S/c1-29-20-7-4-8-25(22(20)27)10-16-9-21(31-15-16)26-14-19(30-23(26)28)13-24-11-17-5-2-3-6-18(17)12-24/h2-9,15,19H,10-14H2,1H3/t19-/m0/s1. The zero-order chi connectivity index (χ0) is 21.4. The first-order chi connectivity index (χ1) is 15.1. The van der Waals surface area contributed by atoms with Crippen molar-refractivity contribution in [1.29, 1.82) is 0 Å². The zero-order valence-corrected chi connectivity index (χ0v) is 18.0. The van der Waals surface area contributed by atoms with Crippen molar-refractivity contribution >= 4 is 22.4 Å². The van der Waals surface area contributed by atoms with E-state index in [1.807, 2.05) is 11.4 Å². The maximum absolute atomic E-state index is 12.5. The molecule has 0 spiro atoms. The van der Waals surface area contributed by atoms with Crippen LogP contribution in [0, 0.1) is 0 Å². The molecule has 1 atom stereocenters. The fourth-order valence-corrected chi connectivity index (χ4v) is 5.11. The van der Waals surface area contributed by atoms with Crippen LogP contribution in [-0.4, -0.2) is 41.9 Å². The number of methoxy groups -OCH3 is 1. The van der Waals surface area contributed by atoms with Crippen molar-refractivity contribution in [3.63, 3.8) is 0 Å². The SMILES string of the molecule is COc1cccn(Cc2csc(N3C[C@H](CN4Cc5ccccc5C4)OC3=O)c2)c1=O. The number of fused-ring (bicyclic) bond motifs is 1. The Kier molecular flexibility index (Phi) is 5.25. The summed E-state index contributed by atoms with van der Waals surface area (Å²) < 4.78 is 12.4. The highest BCUT2D eigenvalue weighted by Crippen LogP contribution is 2.30. The van der Waals surface area contributed by atoms with Crippen LogP contribution in [0.4, 0.5) is 9.80 Å². The van der Waals surface area contributed by atoms with Gasteiger partial charge >= 0.3 is 6.09 Å². The van der Waals surface area contributed by atoms with Crippen LogP contribution >= 0.6 is 11.3 Å². The van der Waals surface area contributed by atoms with Gasteiger partial charge in [-0.15, -0.1) is 11.3 Å².